The number of aromatic nitrogens is 2. The highest BCUT2D eigenvalue weighted by Crippen LogP contribution is 2.30. The molecule has 0 aliphatic heterocycles. The normalized spacial score (nSPS) is 10.7. The minimum absolute atomic E-state index is 0.264. The predicted molar refractivity (Wildman–Crippen MR) is 103 cm³/mol. The molecule has 2 heterocycles. The van der Waals surface area contributed by atoms with E-state index in [1.165, 1.54) is 17.2 Å². The van der Waals surface area contributed by atoms with E-state index >= 15 is 0 Å². The number of carbonyl (C=O) groups is 2. The third-order valence-corrected chi connectivity index (χ3v) is 5.89. The molecule has 3 aromatic rings. The average Bonchev–Trinajstić information content (AvgIpc) is 3.28. The first-order valence-corrected chi connectivity index (χ1v) is 9.69. The number of nitrogens with zero attached hydrogens (tertiary/aromatic N) is 3. The van der Waals surface area contributed by atoms with Gasteiger partial charge in [-0.2, -0.15) is 0 Å². The molecule has 0 bridgehead atoms. The van der Waals surface area contributed by atoms with Crippen LogP contribution in [0.1, 0.15) is 32.0 Å². The quantitative estimate of drug-likeness (QED) is 0.596. The van der Waals surface area contributed by atoms with E-state index in [9.17, 15) is 14.0 Å². The predicted octanol–water partition coefficient (Wildman–Crippen LogP) is 4.17. The van der Waals surface area contributed by atoms with Crippen LogP contribution in [0.15, 0.2) is 30.5 Å². The van der Waals surface area contributed by atoms with Crippen molar-refractivity contribution < 1.29 is 18.7 Å². The fourth-order valence-corrected chi connectivity index (χ4v) is 4.14. The lowest BCUT2D eigenvalue weighted by atomic mass is 10.2. The van der Waals surface area contributed by atoms with E-state index < -0.39 is 11.8 Å². The molecule has 27 heavy (non-hydrogen) atoms. The van der Waals surface area contributed by atoms with Crippen molar-refractivity contribution in [2.75, 3.05) is 18.6 Å². The number of rotatable bonds is 5. The Kier molecular flexibility index (Phi) is 5.62. The molecule has 0 saturated heterocycles. The van der Waals surface area contributed by atoms with Gasteiger partial charge in [-0.05, 0) is 26.0 Å². The number of benzene rings is 1. The number of aryl methyl sites for hydroxylation is 1. The van der Waals surface area contributed by atoms with Gasteiger partial charge in [0.2, 0.25) is 0 Å². The Morgan fingerprint density at radius 2 is 2.00 bits per heavy atom. The highest BCUT2D eigenvalue weighted by atomic mass is 32.1. The van der Waals surface area contributed by atoms with E-state index in [1.54, 1.807) is 39.1 Å². The number of halogens is 1. The largest absolute Gasteiger partial charge is 0.462 e. The minimum atomic E-state index is -0.459. The first kappa shape index (κ1) is 19.1. The molecule has 9 heteroatoms. The number of hydrogen-bond donors (Lipinski definition) is 0. The second-order valence-electron chi connectivity index (χ2n) is 5.51. The van der Waals surface area contributed by atoms with Crippen molar-refractivity contribution in [1.29, 1.82) is 0 Å². The van der Waals surface area contributed by atoms with Crippen molar-refractivity contribution in [2.24, 2.45) is 0 Å². The second-order valence-corrected chi connectivity index (χ2v) is 7.51. The maximum atomic E-state index is 13.9. The summed E-state index contributed by atoms with van der Waals surface area (Å²) in [6.45, 7) is 3.68. The van der Waals surface area contributed by atoms with Crippen LogP contribution in [-0.2, 0) is 4.74 Å². The summed E-state index contributed by atoms with van der Waals surface area (Å²) in [6.07, 6.45) is 1.41. The molecular formula is C18H16FN3O3S2. The zero-order chi connectivity index (χ0) is 19.6. The van der Waals surface area contributed by atoms with Crippen LogP contribution in [0.5, 0.6) is 0 Å². The van der Waals surface area contributed by atoms with Crippen molar-refractivity contribution >= 4 is 39.7 Å². The Morgan fingerprint density at radius 1 is 1.26 bits per heavy atom. The molecule has 0 fully saturated rings. The second kappa shape index (κ2) is 7.93. The average molecular weight is 405 g/mol. The van der Waals surface area contributed by atoms with Gasteiger partial charge in [0.25, 0.3) is 5.91 Å². The van der Waals surface area contributed by atoms with E-state index in [4.69, 9.17) is 4.74 Å². The SMILES string of the molecule is CCOC(=O)c1sc(N(C)C(=O)c2cnc(-c3ccccc3F)s2)nc1C. The highest BCUT2D eigenvalue weighted by Gasteiger charge is 2.23. The molecule has 6 nitrogen and oxygen atoms in total. The molecule has 0 saturated carbocycles. The molecule has 3 rings (SSSR count). The van der Waals surface area contributed by atoms with E-state index in [0.717, 1.165) is 22.7 Å². The molecule has 1 aromatic carbocycles. The van der Waals surface area contributed by atoms with Gasteiger partial charge in [0.05, 0.1) is 18.5 Å². The number of hydrogen-bond acceptors (Lipinski definition) is 7. The number of amides is 1. The van der Waals surface area contributed by atoms with Crippen molar-refractivity contribution in [3.8, 4) is 10.6 Å². The van der Waals surface area contributed by atoms with Gasteiger partial charge in [-0.25, -0.2) is 19.2 Å². The molecule has 0 aliphatic rings. The summed E-state index contributed by atoms with van der Waals surface area (Å²) in [5.41, 5.74) is 0.850. The van der Waals surface area contributed by atoms with Gasteiger partial charge >= 0.3 is 5.97 Å². The molecule has 0 N–H and O–H groups in total. The van der Waals surface area contributed by atoms with Gasteiger partial charge in [-0.15, -0.1) is 11.3 Å². The molecule has 0 atom stereocenters. The van der Waals surface area contributed by atoms with Gasteiger partial charge in [-0.1, -0.05) is 23.5 Å². The maximum absolute atomic E-state index is 13.9. The Balaban J connectivity index is 1.84. The van der Waals surface area contributed by atoms with E-state index in [0.29, 0.717) is 31.2 Å². The fourth-order valence-electron chi connectivity index (χ4n) is 2.30. The monoisotopic (exact) mass is 405 g/mol. The smallest absolute Gasteiger partial charge is 0.350 e. The van der Waals surface area contributed by atoms with Crippen LogP contribution in [0, 0.1) is 12.7 Å². The highest BCUT2D eigenvalue weighted by molar-refractivity contribution is 7.18. The van der Waals surface area contributed by atoms with Crippen LogP contribution >= 0.6 is 22.7 Å². The molecule has 0 aliphatic carbocycles. The van der Waals surface area contributed by atoms with Gasteiger partial charge in [0.15, 0.2) is 5.13 Å². The zero-order valence-electron chi connectivity index (χ0n) is 14.9. The number of ether oxygens (including phenoxy) is 1. The Labute approximate surface area is 163 Å². The summed E-state index contributed by atoms with van der Waals surface area (Å²) in [7, 11) is 1.57. The molecule has 2 aromatic heterocycles. The summed E-state index contributed by atoms with van der Waals surface area (Å²) < 4.78 is 18.9. The molecule has 140 valence electrons. The fraction of sp³-hybridized carbons (Fsp3) is 0.222. The standard InChI is InChI=1S/C18H16FN3O3S2/c1-4-25-17(24)14-10(2)21-18(27-14)22(3)16(23)13-9-20-15(26-13)11-7-5-6-8-12(11)19/h5-9H,4H2,1-3H3. The summed E-state index contributed by atoms with van der Waals surface area (Å²) >= 11 is 2.19. The van der Waals surface area contributed by atoms with Crippen molar-refractivity contribution in [3.05, 3.63) is 51.7 Å². The molecule has 0 spiro atoms. The maximum Gasteiger partial charge on any atom is 0.350 e. The van der Waals surface area contributed by atoms with Crippen LogP contribution in [0.25, 0.3) is 10.6 Å². The molecule has 0 radical (unpaired) electrons. The van der Waals surface area contributed by atoms with Crippen LogP contribution < -0.4 is 4.90 Å². The molecule has 1 amide bonds. The van der Waals surface area contributed by atoms with E-state index in [-0.39, 0.29) is 12.5 Å². The summed E-state index contributed by atoms with van der Waals surface area (Å²) in [6, 6.07) is 6.27. The third-order valence-electron chi connectivity index (χ3n) is 3.66. The summed E-state index contributed by atoms with van der Waals surface area (Å²) in [5.74, 6) is -1.19. The van der Waals surface area contributed by atoms with Crippen molar-refractivity contribution in [3.63, 3.8) is 0 Å². The van der Waals surface area contributed by atoms with Crippen molar-refractivity contribution in [2.45, 2.75) is 13.8 Å². The minimum Gasteiger partial charge on any atom is -0.462 e. The van der Waals surface area contributed by atoms with Crippen molar-refractivity contribution in [1.82, 2.24) is 9.97 Å². The van der Waals surface area contributed by atoms with Gasteiger partial charge in [0.1, 0.15) is 20.6 Å². The van der Waals surface area contributed by atoms with E-state index in [1.807, 2.05) is 0 Å². The Morgan fingerprint density at radius 3 is 2.70 bits per heavy atom. The Bertz CT molecular complexity index is 999. The first-order valence-electron chi connectivity index (χ1n) is 8.05. The molecular weight excluding hydrogens is 389 g/mol. The topological polar surface area (TPSA) is 72.4 Å². The third kappa shape index (κ3) is 3.88. The summed E-state index contributed by atoms with van der Waals surface area (Å²) in [5, 5.41) is 0.800. The van der Waals surface area contributed by atoms with E-state index in [2.05, 4.69) is 9.97 Å². The van der Waals surface area contributed by atoms with Gasteiger partial charge < -0.3 is 4.74 Å². The van der Waals surface area contributed by atoms with Crippen LogP contribution in [-0.4, -0.2) is 35.5 Å². The number of esters is 1. The first-order chi connectivity index (χ1) is 12.9. The summed E-state index contributed by atoms with van der Waals surface area (Å²) in [4.78, 5) is 35.2. The lowest BCUT2D eigenvalue weighted by molar-refractivity contribution is 0.0531. The molecule has 0 unspecified atom stereocenters. The Hall–Kier alpha value is -2.65. The van der Waals surface area contributed by atoms with Crippen LogP contribution in [0.2, 0.25) is 0 Å². The number of carbonyl (C=O) groups excluding carboxylic acids is 2. The lowest BCUT2D eigenvalue weighted by Crippen LogP contribution is -2.25. The lowest BCUT2D eigenvalue weighted by Gasteiger charge is -2.11. The number of thiazole rings is 2. The number of anilines is 1. The van der Waals surface area contributed by atoms with Crippen LogP contribution in [0.4, 0.5) is 9.52 Å². The van der Waals surface area contributed by atoms with Gasteiger partial charge in [0, 0.05) is 12.6 Å². The van der Waals surface area contributed by atoms with Crippen LogP contribution in [0.3, 0.4) is 0 Å². The zero-order valence-corrected chi connectivity index (χ0v) is 16.5. The van der Waals surface area contributed by atoms with Gasteiger partial charge in [-0.3, -0.25) is 9.69 Å².